The summed E-state index contributed by atoms with van der Waals surface area (Å²) in [7, 11) is 0. The van der Waals surface area contributed by atoms with Gasteiger partial charge in [-0.15, -0.1) is 0 Å². The number of likely N-dealkylation sites (tertiary alicyclic amines) is 1. The molecule has 0 aromatic heterocycles. The summed E-state index contributed by atoms with van der Waals surface area (Å²) < 4.78 is 10.7. The number of ether oxygens (including phenoxy) is 2. The van der Waals surface area contributed by atoms with Crippen molar-refractivity contribution in [3.63, 3.8) is 0 Å². The minimum absolute atomic E-state index is 0.180. The van der Waals surface area contributed by atoms with Gasteiger partial charge in [0.2, 0.25) is 12.7 Å². The minimum atomic E-state index is 0.180. The summed E-state index contributed by atoms with van der Waals surface area (Å²) in [5.41, 5.74) is 1.20. The van der Waals surface area contributed by atoms with Gasteiger partial charge in [0, 0.05) is 32.6 Å². The molecule has 1 aromatic carbocycles. The number of nitrogens with zero attached hydrogens (tertiary/aromatic N) is 1. The smallest absolute Gasteiger partial charge is 0.231 e. The van der Waals surface area contributed by atoms with Crippen molar-refractivity contribution < 1.29 is 14.3 Å². The maximum absolute atomic E-state index is 11.3. The van der Waals surface area contributed by atoms with Crippen molar-refractivity contribution >= 4 is 5.91 Å². The van der Waals surface area contributed by atoms with Gasteiger partial charge >= 0.3 is 0 Å². The zero-order chi connectivity index (χ0) is 13.9. The molecule has 1 fully saturated rings. The van der Waals surface area contributed by atoms with Gasteiger partial charge in [0.25, 0.3) is 0 Å². The highest BCUT2D eigenvalue weighted by Crippen LogP contribution is 2.32. The molecule has 2 heterocycles. The quantitative estimate of drug-likeness (QED) is 0.909. The van der Waals surface area contributed by atoms with Crippen LogP contribution in [0.3, 0.4) is 0 Å². The molecule has 20 heavy (non-hydrogen) atoms. The average Bonchev–Trinajstić information content (AvgIpc) is 2.93. The predicted octanol–water partition coefficient (Wildman–Crippen LogP) is 1.52. The Hall–Kier alpha value is -1.75. The lowest BCUT2D eigenvalue weighted by Gasteiger charge is -2.31. The van der Waals surface area contributed by atoms with Gasteiger partial charge in [0.1, 0.15) is 0 Å². The van der Waals surface area contributed by atoms with Crippen molar-refractivity contribution in [2.75, 3.05) is 19.9 Å². The molecule has 0 radical (unpaired) electrons. The molecule has 0 atom stereocenters. The number of piperidine rings is 1. The van der Waals surface area contributed by atoms with Crippen molar-refractivity contribution in [3.05, 3.63) is 23.8 Å². The van der Waals surface area contributed by atoms with Gasteiger partial charge in [0.15, 0.2) is 11.5 Å². The van der Waals surface area contributed by atoms with E-state index in [9.17, 15) is 4.79 Å². The third-order valence-electron chi connectivity index (χ3n) is 3.97. The zero-order valence-electron chi connectivity index (χ0n) is 11.7. The number of carbonyl (C=O) groups excluding carboxylic acids is 1. The highest BCUT2D eigenvalue weighted by molar-refractivity contribution is 5.73. The molecule has 0 spiro atoms. The number of benzene rings is 1. The minimum Gasteiger partial charge on any atom is -0.454 e. The molecule has 0 bridgehead atoms. The monoisotopic (exact) mass is 276 g/mol. The van der Waals surface area contributed by atoms with Crippen LogP contribution in [0.4, 0.5) is 0 Å². The molecule has 1 N–H and O–H groups in total. The molecular formula is C15H20N2O3. The summed E-state index contributed by atoms with van der Waals surface area (Å²) in [6.07, 6.45) is 2.04. The first-order chi connectivity index (χ1) is 9.72. The Kier molecular flexibility index (Phi) is 3.78. The summed E-state index contributed by atoms with van der Waals surface area (Å²) in [5, 5.41) is 3.55. The molecule has 2 aliphatic rings. The van der Waals surface area contributed by atoms with Crippen molar-refractivity contribution in [2.24, 2.45) is 0 Å². The summed E-state index contributed by atoms with van der Waals surface area (Å²) in [5.74, 6) is 1.83. The lowest BCUT2D eigenvalue weighted by atomic mass is 10.0. The fourth-order valence-corrected chi connectivity index (χ4v) is 2.71. The SMILES string of the molecule is CC(=O)N1CCC(NCc2ccc3c(c2)OCO3)CC1. The van der Waals surface area contributed by atoms with Gasteiger partial charge < -0.3 is 19.7 Å². The third kappa shape index (κ3) is 2.88. The highest BCUT2D eigenvalue weighted by Gasteiger charge is 2.20. The van der Waals surface area contributed by atoms with E-state index in [0.29, 0.717) is 12.8 Å². The van der Waals surface area contributed by atoms with Crippen molar-refractivity contribution in [1.82, 2.24) is 10.2 Å². The first-order valence-corrected chi connectivity index (χ1v) is 7.10. The standard InChI is InChI=1S/C15H20N2O3/c1-11(18)17-6-4-13(5-7-17)16-9-12-2-3-14-15(8-12)20-10-19-14/h2-3,8,13,16H,4-7,9-10H2,1H3. The van der Waals surface area contributed by atoms with Gasteiger partial charge in [-0.3, -0.25) is 4.79 Å². The molecule has 0 aliphatic carbocycles. The van der Waals surface area contributed by atoms with Crippen molar-refractivity contribution in [3.8, 4) is 11.5 Å². The van der Waals surface area contributed by atoms with E-state index in [-0.39, 0.29) is 5.91 Å². The maximum atomic E-state index is 11.3. The van der Waals surface area contributed by atoms with E-state index in [1.165, 1.54) is 5.56 Å². The van der Waals surface area contributed by atoms with Gasteiger partial charge in [-0.05, 0) is 30.5 Å². The second-order valence-corrected chi connectivity index (χ2v) is 5.35. The Balaban J connectivity index is 1.49. The van der Waals surface area contributed by atoms with Gasteiger partial charge in [-0.1, -0.05) is 6.07 Å². The Morgan fingerprint density at radius 2 is 2.05 bits per heavy atom. The van der Waals surface area contributed by atoms with Crippen LogP contribution in [0, 0.1) is 0 Å². The number of hydrogen-bond acceptors (Lipinski definition) is 4. The third-order valence-corrected chi connectivity index (χ3v) is 3.97. The number of fused-ring (bicyclic) bond motifs is 1. The molecule has 5 heteroatoms. The molecule has 1 aromatic rings. The van der Waals surface area contributed by atoms with Crippen LogP contribution in [-0.4, -0.2) is 36.7 Å². The first kappa shape index (κ1) is 13.2. The Morgan fingerprint density at radius 3 is 2.80 bits per heavy atom. The number of nitrogens with one attached hydrogen (secondary N) is 1. The second kappa shape index (κ2) is 5.71. The van der Waals surface area contributed by atoms with Crippen molar-refractivity contribution in [2.45, 2.75) is 32.4 Å². The normalized spacial score (nSPS) is 18.4. The van der Waals surface area contributed by atoms with Crippen molar-refractivity contribution in [1.29, 1.82) is 0 Å². The lowest BCUT2D eigenvalue weighted by Crippen LogP contribution is -2.43. The molecular weight excluding hydrogens is 256 g/mol. The van der Waals surface area contributed by atoms with E-state index in [1.807, 2.05) is 17.0 Å². The van der Waals surface area contributed by atoms with Crippen LogP contribution in [0.15, 0.2) is 18.2 Å². The van der Waals surface area contributed by atoms with E-state index in [2.05, 4.69) is 11.4 Å². The fraction of sp³-hybridized carbons (Fsp3) is 0.533. The van der Waals surface area contributed by atoms with Gasteiger partial charge in [-0.25, -0.2) is 0 Å². The van der Waals surface area contributed by atoms with Gasteiger partial charge in [-0.2, -0.15) is 0 Å². The van der Waals surface area contributed by atoms with Crippen LogP contribution < -0.4 is 14.8 Å². The van der Waals surface area contributed by atoms with Crippen LogP contribution in [0.2, 0.25) is 0 Å². The van der Waals surface area contributed by atoms with Gasteiger partial charge in [0.05, 0.1) is 0 Å². The molecule has 3 rings (SSSR count). The van der Waals surface area contributed by atoms with E-state index in [0.717, 1.165) is 44.0 Å². The molecule has 1 amide bonds. The number of rotatable bonds is 3. The second-order valence-electron chi connectivity index (χ2n) is 5.35. The number of amides is 1. The van der Waals surface area contributed by atoms with Crippen LogP contribution in [0.1, 0.15) is 25.3 Å². The van der Waals surface area contributed by atoms with E-state index in [4.69, 9.17) is 9.47 Å². The van der Waals surface area contributed by atoms with E-state index in [1.54, 1.807) is 6.92 Å². The highest BCUT2D eigenvalue weighted by atomic mass is 16.7. The lowest BCUT2D eigenvalue weighted by molar-refractivity contribution is -0.129. The largest absolute Gasteiger partial charge is 0.454 e. The summed E-state index contributed by atoms with van der Waals surface area (Å²) in [6.45, 7) is 4.49. The summed E-state index contributed by atoms with van der Waals surface area (Å²) in [6, 6.07) is 6.53. The van der Waals surface area contributed by atoms with Crippen LogP contribution in [-0.2, 0) is 11.3 Å². The maximum Gasteiger partial charge on any atom is 0.231 e. The summed E-state index contributed by atoms with van der Waals surface area (Å²) >= 11 is 0. The van der Waals surface area contributed by atoms with Crippen LogP contribution in [0.5, 0.6) is 11.5 Å². The van der Waals surface area contributed by atoms with Crippen LogP contribution >= 0.6 is 0 Å². The Bertz CT molecular complexity index is 496. The molecule has 5 nitrogen and oxygen atoms in total. The van der Waals surface area contributed by atoms with E-state index < -0.39 is 0 Å². The molecule has 108 valence electrons. The number of carbonyl (C=O) groups is 1. The first-order valence-electron chi connectivity index (χ1n) is 7.10. The topological polar surface area (TPSA) is 50.8 Å². The van der Waals surface area contributed by atoms with Crippen LogP contribution in [0.25, 0.3) is 0 Å². The Labute approximate surface area is 118 Å². The Morgan fingerprint density at radius 1 is 1.30 bits per heavy atom. The zero-order valence-corrected chi connectivity index (χ0v) is 11.7. The molecule has 0 unspecified atom stereocenters. The molecule has 0 saturated carbocycles. The number of hydrogen-bond donors (Lipinski definition) is 1. The molecule has 1 saturated heterocycles. The summed E-state index contributed by atoms with van der Waals surface area (Å²) in [4.78, 5) is 13.2. The van der Waals surface area contributed by atoms with E-state index >= 15 is 0 Å². The molecule has 2 aliphatic heterocycles. The fourth-order valence-electron chi connectivity index (χ4n) is 2.71. The predicted molar refractivity (Wildman–Crippen MR) is 74.7 cm³/mol. The average molecular weight is 276 g/mol.